The van der Waals surface area contributed by atoms with Crippen molar-refractivity contribution in [1.82, 2.24) is 4.90 Å². The number of nitrogens with zero attached hydrogens (tertiary/aromatic N) is 1. The van der Waals surface area contributed by atoms with Crippen LogP contribution in [-0.4, -0.2) is 47.7 Å². The Bertz CT molecular complexity index is 743. The first-order valence-electron chi connectivity index (χ1n) is 9.83. The molecule has 1 aliphatic heterocycles. The highest BCUT2D eigenvalue weighted by Crippen LogP contribution is 2.23. The van der Waals surface area contributed by atoms with Crippen molar-refractivity contribution in [2.45, 2.75) is 64.0 Å². The van der Waals surface area contributed by atoms with Gasteiger partial charge in [0.15, 0.2) is 0 Å². The van der Waals surface area contributed by atoms with E-state index in [1.54, 1.807) is 12.1 Å². The fraction of sp³-hybridized carbons (Fsp3) is 0.545. The number of methoxy groups -OCH3 is 1. The summed E-state index contributed by atoms with van der Waals surface area (Å²) in [5.41, 5.74) is 0. The molecule has 2 atom stereocenters. The van der Waals surface area contributed by atoms with Crippen LogP contribution in [0.1, 0.15) is 60.0 Å². The van der Waals surface area contributed by atoms with E-state index in [-0.39, 0.29) is 17.9 Å². The molecule has 1 fully saturated rings. The van der Waals surface area contributed by atoms with Gasteiger partial charge in [-0.15, -0.1) is 23.2 Å². The number of thiophene rings is 1. The Labute approximate surface area is 171 Å². The summed E-state index contributed by atoms with van der Waals surface area (Å²) in [6.07, 6.45) is 8.38. The Balaban J connectivity index is 1.80. The van der Waals surface area contributed by atoms with E-state index in [2.05, 4.69) is 11.8 Å². The molecule has 0 saturated carbocycles. The number of aryl methyl sites for hydroxylation is 1. The first-order chi connectivity index (χ1) is 13.5. The van der Waals surface area contributed by atoms with Crippen molar-refractivity contribution >= 4 is 23.2 Å². The van der Waals surface area contributed by atoms with Gasteiger partial charge in [-0.3, -0.25) is 4.79 Å². The molecule has 1 aromatic heterocycles. The largest absolute Gasteiger partial charge is 0.465 e. The zero-order valence-electron chi connectivity index (χ0n) is 16.6. The van der Waals surface area contributed by atoms with Crippen LogP contribution in [0, 0.1) is 11.8 Å². The van der Waals surface area contributed by atoms with Gasteiger partial charge in [-0.2, -0.15) is 0 Å². The lowest BCUT2D eigenvalue weighted by Gasteiger charge is -2.22. The average Bonchev–Trinajstić information content (AvgIpc) is 3.30. The Kier molecular flexibility index (Phi) is 9.26. The quantitative estimate of drug-likeness (QED) is 0.389. The number of rotatable bonds is 9. The summed E-state index contributed by atoms with van der Waals surface area (Å²) in [4.78, 5) is 27.3. The minimum absolute atomic E-state index is 0.0536. The summed E-state index contributed by atoms with van der Waals surface area (Å²) in [7, 11) is 1.38. The van der Waals surface area contributed by atoms with E-state index in [0.29, 0.717) is 30.7 Å². The average molecular weight is 404 g/mol. The van der Waals surface area contributed by atoms with Crippen LogP contribution in [0.4, 0.5) is 0 Å². The van der Waals surface area contributed by atoms with Crippen molar-refractivity contribution in [2.24, 2.45) is 0 Å². The maximum Gasteiger partial charge on any atom is 0.348 e. The molecule has 2 rings (SSSR count). The number of likely N-dealkylation sites (tertiary alicyclic amines) is 1. The lowest BCUT2D eigenvalue weighted by molar-refractivity contribution is -0.128. The topological polar surface area (TPSA) is 66.8 Å². The molecule has 2 unspecified atom stereocenters. The second-order valence-electron chi connectivity index (χ2n) is 6.75. The summed E-state index contributed by atoms with van der Waals surface area (Å²) in [6, 6.07) is 3.78. The number of carbonyl (C=O) groups excluding carboxylic acids is 2. The fourth-order valence-corrected chi connectivity index (χ4v) is 4.15. The summed E-state index contributed by atoms with van der Waals surface area (Å²) in [5, 5.41) is 10.1. The first kappa shape index (κ1) is 22.2. The molecule has 0 radical (unpaired) electrons. The number of aliphatic hydroxyl groups is 1. The van der Waals surface area contributed by atoms with E-state index in [0.717, 1.165) is 30.6 Å². The molecule has 0 aromatic carbocycles. The van der Waals surface area contributed by atoms with Gasteiger partial charge in [0.1, 0.15) is 4.88 Å². The van der Waals surface area contributed by atoms with Crippen LogP contribution in [0.15, 0.2) is 24.3 Å². The van der Waals surface area contributed by atoms with Crippen molar-refractivity contribution in [2.75, 3.05) is 13.7 Å². The number of hydrogen-bond donors (Lipinski definition) is 1. The van der Waals surface area contributed by atoms with E-state index in [9.17, 15) is 14.7 Å². The SMILES string of the molecule is CCC#CCCC(O)/C=C/C1CCC(=O)N1CCCc1ccc(C(=O)OC)s1. The predicted octanol–water partition coefficient (Wildman–Crippen LogP) is 3.57. The van der Waals surface area contributed by atoms with Gasteiger partial charge in [-0.25, -0.2) is 4.79 Å². The molecule has 1 amide bonds. The lowest BCUT2D eigenvalue weighted by Crippen LogP contribution is -2.33. The molecule has 1 N–H and O–H groups in total. The Morgan fingerprint density at radius 1 is 1.46 bits per heavy atom. The highest BCUT2D eigenvalue weighted by atomic mass is 32.1. The normalized spacial score (nSPS) is 17.6. The molecule has 1 aromatic rings. The maximum atomic E-state index is 12.2. The van der Waals surface area contributed by atoms with Gasteiger partial charge in [0.2, 0.25) is 5.91 Å². The van der Waals surface area contributed by atoms with Crippen LogP contribution in [0.3, 0.4) is 0 Å². The number of esters is 1. The number of carbonyl (C=O) groups is 2. The molecule has 1 aliphatic rings. The summed E-state index contributed by atoms with van der Waals surface area (Å²) >= 11 is 1.44. The van der Waals surface area contributed by atoms with Crippen molar-refractivity contribution in [3.8, 4) is 11.8 Å². The lowest BCUT2D eigenvalue weighted by atomic mass is 10.1. The maximum absolute atomic E-state index is 12.2. The van der Waals surface area contributed by atoms with Gasteiger partial charge in [0, 0.05) is 30.7 Å². The third-order valence-corrected chi connectivity index (χ3v) is 5.79. The van der Waals surface area contributed by atoms with Crippen LogP contribution in [0.5, 0.6) is 0 Å². The molecule has 1 saturated heterocycles. The zero-order chi connectivity index (χ0) is 20.4. The number of hydrogen-bond acceptors (Lipinski definition) is 5. The molecule has 5 nitrogen and oxygen atoms in total. The van der Waals surface area contributed by atoms with E-state index in [1.165, 1.54) is 18.4 Å². The Hall–Kier alpha value is -2.10. The third-order valence-electron chi connectivity index (χ3n) is 4.67. The molecular formula is C22H29NO4S. The van der Waals surface area contributed by atoms with Gasteiger partial charge in [0.25, 0.3) is 0 Å². The Morgan fingerprint density at radius 3 is 3.04 bits per heavy atom. The van der Waals surface area contributed by atoms with Crippen molar-refractivity contribution < 1.29 is 19.4 Å². The molecule has 6 heteroatoms. The fourth-order valence-electron chi connectivity index (χ4n) is 3.18. The zero-order valence-corrected chi connectivity index (χ0v) is 17.5. The predicted molar refractivity (Wildman–Crippen MR) is 111 cm³/mol. The van der Waals surface area contributed by atoms with Crippen molar-refractivity contribution in [1.29, 1.82) is 0 Å². The standard InChI is InChI=1S/C22H29NO4S/c1-3-4-5-6-8-18(24)12-10-17-11-15-21(25)23(17)16-7-9-19-13-14-20(28-19)22(26)27-2/h10,12-14,17-18,24H,3,6-9,11,15-16H2,1-2H3/b12-10+. The van der Waals surface area contributed by atoms with E-state index < -0.39 is 6.10 Å². The van der Waals surface area contributed by atoms with Gasteiger partial charge in [0.05, 0.1) is 19.3 Å². The highest BCUT2D eigenvalue weighted by molar-refractivity contribution is 7.13. The summed E-state index contributed by atoms with van der Waals surface area (Å²) in [6.45, 7) is 2.68. The second-order valence-corrected chi connectivity index (χ2v) is 7.92. The minimum Gasteiger partial charge on any atom is -0.465 e. The van der Waals surface area contributed by atoms with E-state index in [1.807, 2.05) is 24.0 Å². The van der Waals surface area contributed by atoms with Crippen molar-refractivity contribution in [3.63, 3.8) is 0 Å². The van der Waals surface area contributed by atoms with Gasteiger partial charge in [-0.05, 0) is 37.8 Å². The van der Waals surface area contributed by atoms with Crippen LogP contribution >= 0.6 is 11.3 Å². The molecule has 0 bridgehead atoms. The first-order valence-corrected chi connectivity index (χ1v) is 10.7. The van der Waals surface area contributed by atoms with Crippen molar-refractivity contribution in [3.05, 3.63) is 34.0 Å². The summed E-state index contributed by atoms with van der Waals surface area (Å²) < 4.78 is 4.73. The van der Waals surface area contributed by atoms with Gasteiger partial charge >= 0.3 is 5.97 Å². The highest BCUT2D eigenvalue weighted by Gasteiger charge is 2.28. The number of aliphatic hydroxyl groups excluding tert-OH is 1. The van der Waals surface area contributed by atoms with E-state index >= 15 is 0 Å². The van der Waals surface area contributed by atoms with E-state index in [4.69, 9.17) is 4.74 Å². The van der Waals surface area contributed by atoms with Crippen LogP contribution in [0.2, 0.25) is 0 Å². The smallest absolute Gasteiger partial charge is 0.348 e. The third kappa shape index (κ3) is 6.81. The molecule has 2 heterocycles. The second kappa shape index (κ2) is 11.7. The monoisotopic (exact) mass is 403 g/mol. The number of ether oxygens (including phenoxy) is 1. The molecule has 0 aliphatic carbocycles. The number of amides is 1. The molecular weight excluding hydrogens is 374 g/mol. The Morgan fingerprint density at radius 2 is 2.29 bits per heavy atom. The molecule has 152 valence electrons. The molecule has 0 spiro atoms. The van der Waals surface area contributed by atoms with Gasteiger partial charge < -0.3 is 14.7 Å². The van der Waals surface area contributed by atoms with Gasteiger partial charge in [-0.1, -0.05) is 19.1 Å². The molecule has 28 heavy (non-hydrogen) atoms. The van der Waals surface area contributed by atoms with Crippen LogP contribution < -0.4 is 0 Å². The minimum atomic E-state index is -0.522. The summed E-state index contributed by atoms with van der Waals surface area (Å²) in [5.74, 6) is 5.88. The van der Waals surface area contributed by atoms with Crippen LogP contribution in [-0.2, 0) is 16.0 Å². The van der Waals surface area contributed by atoms with Crippen LogP contribution in [0.25, 0.3) is 0 Å².